The third-order valence-electron chi connectivity index (χ3n) is 2.46. The van der Waals surface area contributed by atoms with Crippen molar-refractivity contribution in [2.45, 2.75) is 19.2 Å². The molecule has 0 fully saturated rings. The SMILES string of the molecule is O=C1NCCCc2cc(OC(F)(F)F)ccc21. The van der Waals surface area contributed by atoms with Crippen LogP contribution in [0.2, 0.25) is 0 Å². The van der Waals surface area contributed by atoms with Gasteiger partial charge in [0, 0.05) is 12.1 Å². The lowest BCUT2D eigenvalue weighted by Gasteiger charge is -2.11. The highest BCUT2D eigenvalue weighted by molar-refractivity contribution is 5.96. The number of benzene rings is 1. The largest absolute Gasteiger partial charge is 0.573 e. The highest BCUT2D eigenvalue weighted by Crippen LogP contribution is 2.26. The van der Waals surface area contributed by atoms with Crippen molar-refractivity contribution in [2.24, 2.45) is 0 Å². The van der Waals surface area contributed by atoms with Crippen molar-refractivity contribution in [2.75, 3.05) is 6.54 Å². The summed E-state index contributed by atoms with van der Waals surface area (Å²) in [7, 11) is 0. The highest BCUT2D eigenvalue weighted by Gasteiger charge is 2.31. The number of rotatable bonds is 1. The first kappa shape index (κ1) is 11.8. The van der Waals surface area contributed by atoms with E-state index in [9.17, 15) is 18.0 Å². The highest BCUT2D eigenvalue weighted by atomic mass is 19.4. The number of alkyl halides is 3. The van der Waals surface area contributed by atoms with E-state index >= 15 is 0 Å². The van der Waals surface area contributed by atoms with Crippen LogP contribution in [0, 0.1) is 0 Å². The molecule has 0 aliphatic carbocycles. The maximum absolute atomic E-state index is 12.0. The lowest BCUT2D eigenvalue weighted by Crippen LogP contribution is -2.22. The number of halogens is 3. The van der Waals surface area contributed by atoms with Crippen LogP contribution >= 0.6 is 0 Å². The predicted molar refractivity (Wildman–Crippen MR) is 53.8 cm³/mol. The van der Waals surface area contributed by atoms with Gasteiger partial charge in [-0.1, -0.05) is 0 Å². The number of carbonyl (C=O) groups is 1. The molecule has 92 valence electrons. The lowest BCUT2D eigenvalue weighted by atomic mass is 10.0. The molecule has 0 radical (unpaired) electrons. The summed E-state index contributed by atoms with van der Waals surface area (Å²) >= 11 is 0. The summed E-state index contributed by atoms with van der Waals surface area (Å²) in [4.78, 5) is 11.5. The zero-order chi connectivity index (χ0) is 12.5. The van der Waals surface area contributed by atoms with Gasteiger partial charge in [-0.05, 0) is 36.6 Å². The molecule has 0 saturated carbocycles. The van der Waals surface area contributed by atoms with Gasteiger partial charge in [0.15, 0.2) is 0 Å². The molecule has 0 saturated heterocycles. The Balaban J connectivity index is 2.30. The van der Waals surface area contributed by atoms with Gasteiger partial charge in [0.1, 0.15) is 5.75 Å². The third kappa shape index (κ3) is 2.89. The molecule has 1 N–H and O–H groups in total. The predicted octanol–water partition coefficient (Wildman–Crippen LogP) is 2.26. The Hall–Kier alpha value is -1.72. The maximum atomic E-state index is 12.0. The van der Waals surface area contributed by atoms with Crippen LogP contribution < -0.4 is 10.1 Å². The van der Waals surface area contributed by atoms with Gasteiger partial charge in [0.25, 0.3) is 5.91 Å². The molecule has 6 heteroatoms. The molecular formula is C11H10F3NO2. The average Bonchev–Trinajstić information content (AvgIpc) is 2.38. The molecule has 1 heterocycles. The summed E-state index contributed by atoms with van der Waals surface area (Å²) in [5.41, 5.74) is 0.999. The van der Waals surface area contributed by atoms with E-state index in [0.29, 0.717) is 30.5 Å². The Bertz CT molecular complexity index is 443. The van der Waals surface area contributed by atoms with E-state index in [4.69, 9.17) is 0 Å². The standard InChI is InChI=1S/C11H10F3NO2/c12-11(13,14)17-8-3-4-9-7(6-8)2-1-5-15-10(9)16/h3-4,6H,1-2,5H2,(H,15,16). The minimum Gasteiger partial charge on any atom is -0.406 e. The molecule has 1 amide bonds. The maximum Gasteiger partial charge on any atom is 0.573 e. The summed E-state index contributed by atoms with van der Waals surface area (Å²) in [6.07, 6.45) is -3.45. The van der Waals surface area contributed by atoms with Gasteiger partial charge in [0.05, 0.1) is 0 Å². The fraction of sp³-hybridized carbons (Fsp3) is 0.364. The fourth-order valence-electron chi connectivity index (χ4n) is 1.77. The van der Waals surface area contributed by atoms with Crippen LogP contribution in [0.15, 0.2) is 18.2 Å². The molecule has 3 nitrogen and oxygen atoms in total. The molecule has 0 unspecified atom stereocenters. The molecule has 17 heavy (non-hydrogen) atoms. The molecular weight excluding hydrogens is 235 g/mol. The van der Waals surface area contributed by atoms with E-state index in [2.05, 4.69) is 10.1 Å². The van der Waals surface area contributed by atoms with Crippen LogP contribution in [-0.4, -0.2) is 18.8 Å². The van der Waals surface area contributed by atoms with E-state index in [-0.39, 0.29) is 11.7 Å². The minimum absolute atomic E-state index is 0.254. The Labute approximate surface area is 95.6 Å². The first-order valence-electron chi connectivity index (χ1n) is 5.12. The van der Waals surface area contributed by atoms with E-state index in [1.54, 1.807) is 0 Å². The van der Waals surface area contributed by atoms with Crippen molar-refractivity contribution in [3.8, 4) is 5.75 Å². The number of nitrogens with one attached hydrogen (secondary N) is 1. The topological polar surface area (TPSA) is 38.3 Å². The normalized spacial score (nSPS) is 15.8. The zero-order valence-electron chi connectivity index (χ0n) is 8.80. The van der Waals surface area contributed by atoms with E-state index in [1.165, 1.54) is 12.1 Å². The van der Waals surface area contributed by atoms with Gasteiger partial charge in [-0.15, -0.1) is 13.2 Å². The van der Waals surface area contributed by atoms with Gasteiger partial charge in [-0.25, -0.2) is 0 Å². The second-order valence-corrected chi connectivity index (χ2v) is 3.73. The molecule has 1 aliphatic rings. The Kier molecular flexibility index (Phi) is 2.95. The van der Waals surface area contributed by atoms with E-state index < -0.39 is 6.36 Å². The molecule has 0 atom stereocenters. The number of hydrogen-bond acceptors (Lipinski definition) is 2. The van der Waals surface area contributed by atoms with Gasteiger partial charge < -0.3 is 10.1 Å². The lowest BCUT2D eigenvalue weighted by molar-refractivity contribution is -0.274. The van der Waals surface area contributed by atoms with Gasteiger partial charge in [-0.3, -0.25) is 4.79 Å². The molecule has 0 aromatic heterocycles. The quantitative estimate of drug-likeness (QED) is 0.824. The summed E-state index contributed by atoms with van der Waals surface area (Å²) in [5.74, 6) is -0.540. The van der Waals surface area contributed by atoms with E-state index in [1.807, 2.05) is 0 Å². The summed E-state index contributed by atoms with van der Waals surface area (Å²) < 4.78 is 39.9. The first-order valence-corrected chi connectivity index (χ1v) is 5.12. The molecule has 0 spiro atoms. The van der Waals surface area contributed by atoms with Crippen LogP contribution in [-0.2, 0) is 6.42 Å². The van der Waals surface area contributed by atoms with Crippen LogP contribution in [0.25, 0.3) is 0 Å². The number of fused-ring (bicyclic) bond motifs is 1. The number of ether oxygens (including phenoxy) is 1. The molecule has 1 aromatic rings. The number of amides is 1. The number of hydrogen-bond donors (Lipinski definition) is 1. The van der Waals surface area contributed by atoms with Crippen LogP contribution in [0.5, 0.6) is 5.75 Å². The Morgan fingerprint density at radius 2 is 2.06 bits per heavy atom. The van der Waals surface area contributed by atoms with Gasteiger partial charge in [0.2, 0.25) is 0 Å². The third-order valence-corrected chi connectivity index (χ3v) is 2.46. The van der Waals surface area contributed by atoms with Crippen LogP contribution in [0.1, 0.15) is 22.3 Å². The monoisotopic (exact) mass is 245 g/mol. The molecule has 1 aromatic carbocycles. The van der Waals surface area contributed by atoms with Gasteiger partial charge in [-0.2, -0.15) is 0 Å². The summed E-state index contributed by atoms with van der Waals surface area (Å²) in [5, 5.41) is 2.67. The second kappa shape index (κ2) is 4.27. The number of aryl methyl sites for hydroxylation is 1. The summed E-state index contributed by atoms with van der Waals surface area (Å²) in [6.45, 7) is 0.531. The molecule has 1 aliphatic heterocycles. The smallest absolute Gasteiger partial charge is 0.406 e. The molecule has 2 rings (SSSR count). The van der Waals surface area contributed by atoms with Gasteiger partial charge >= 0.3 is 6.36 Å². The first-order chi connectivity index (χ1) is 7.96. The number of carbonyl (C=O) groups excluding carboxylic acids is 1. The van der Waals surface area contributed by atoms with Crippen molar-refractivity contribution in [3.63, 3.8) is 0 Å². The van der Waals surface area contributed by atoms with Crippen LogP contribution in [0.4, 0.5) is 13.2 Å². The van der Waals surface area contributed by atoms with Crippen molar-refractivity contribution in [1.82, 2.24) is 5.32 Å². The Morgan fingerprint density at radius 3 is 2.76 bits per heavy atom. The van der Waals surface area contributed by atoms with Crippen molar-refractivity contribution < 1.29 is 22.7 Å². The second-order valence-electron chi connectivity index (χ2n) is 3.73. The molecule has 0 bridgehead atoms. The van der Waals surface area contributed by atoms with Crippen molar-refractivity contribution in [1.29, 1.82) is 0 Å². The Morgan fingerprint density at radius 1 is 1.29 bits per heavy atom. The average molecular weight is 245 g/mol. The summed E-state index contributed by atoms with van der Waals surface area (Å²) in [6, 6.07) is 3.78. The van der Waals surface area contributed by atoms with Crippen molar-refractivity contribution >= 4 is 5.91 Å². The fourth-order valence-corrected chi connectivity index (χ4v) is 1.77. The zero-order valence-corrected chi connectivity index (χ0v) is 8.80. The van der Waals surface area contributed by atoms with Crippen LogP contribution in [0.3, 0.4) is 0 Å². The van der Waals surface area contributed by atoms with E-state index in [0.717, 1.165) is 6.07 Å². The minimum atomic E-state index is -4.71. The van der Waals surface area contributed by atoms with Crippen molar-refractivity contribution in [3.05, 3.63) is 29.3 Å².